The average Bonchev–Trinajstić information content (AvgIpc) is 2.87. The second kappa shape index (κ2) is 5.61. The summed E-state index contributed by atoms with van der Waals surface area (Å²) in [6.07, 6.45) is 3.11. The molecule has 3 aliphatic rings. The van der Waals surface area contributed by atoms with Gasteiger partial charge < -0.3 is 9.64 Å². The SMILES string of the molecule is O=C1CC2(CCN(C(=O)N3CCCc4ccccc43)CC2)C(=O)O1. The molecule has 0 unspecified atom stereocenters. The number of cyclic esters (lactones) is 2. The molecule has 1 aromatic rings. The standard InChI is InChI=1S/C18H20N2O4/c21-15-12-18(16(22)24-15)7-10-19(11-8-18)17(23)20-9-3-5-13-4-1-2-6-14(13)20/h1-2,4,6H,3,5,7-12H2. The molecule has 0 aliphatic carbocycles. The lowest BCUT2D eigenvalue weighted by Gasteiger charge is -2.39. The number of carbonyl (C=O) groups is 3. The number of hydrogen-bond donors (Lipinski definition) is 0. The van der Waals surface area contributed by atoms with Gasteiger partial charge in [-0.2, -0.15) is 0 Å². The van der Waals surface area contributed by atoms with Gasteiger partial charge in [-0.3, -0.25) is 14.5 Å². The number of ether oxygens (including phenoxy) is 1. The lowest BCUT2D eigenvalue weighted by Crippen LogP contribution is -2.51. The Hall–Kier alpha value is -2.37. The number of anilines is 1. The molecule has 126 valence electrons. The number of urea groups is 1. The molecular weight excluding hydrogens is 308 g/mol. The van der Waals surface area contributed by atoms with E-state index in [4.69, 9.17) is 4.74 Å². The van der Waals surface area contributed by atoms with E-state index < -0.39 is 17.4 Å². The van der Waals surface area contributed by atoms with Gasteiger partial charge in [-0.25, -0.2) is 4.79 Å². The fraction of sp³-hybridized carbons (Fsp3) is 0.500. The van der Waals surface area contributed by atoms with Crippen molar-refractivity contribution in [1.29, 1.82) is 0 Å². The van der Waals surface area contributed by atoms with Crippen LogP contribution in [0.25, 0.3) is 0 Å². The molecule has 6 nitrogen and oxygen atoms in total. The Kier molecular flexibility index (Phi) is 3.55. The lowest BCUT2D eigenvalue weighted by atomic mass is 9.77. The van der Waals surface area contributed by atoms with E-state index in [0.29, 0.717) is 25.9 Å². The number of rotatable bonds is 0. The van der Waals surface area contributed by atoms with Crippen molar-refractivity contribution in [2.24, 2.45) is 5.41 Å². The highest BCUT2D eigenvalue weighted by molar-refractivity contribution is 5.98. The van der Waals surface area contributed by atoms with Gasteiger partial charge in [0.1, 0.15) is 0 Å². The summed E-state index contributed by atoms with van der Waals surface area (Å²) in [6, 6.07) is 8.01. The van der Waals surface area contributed by atoms with Crippen molar-refractivity contribution in [3.05, 3.63) is 29.8 Å². The maximum Gasteiger partial charge on any atom is 0.324 e. The molecule has 1 spiro atoms. The van der Waals surface area contributed by atoms with Gasteiger partial charge in [0, 0.05) is 25.3 Å². The second-order valence-electron chi connectivity index (χ2n) is 6.87. The first kappa shape index (κ1) is 15.2. The first-order chi connectivity index (χ1) is 11.6. The van der Waals surface area contributed by atoms with Crippen molar-refractivity contribution in [1.82, 2.24) is 4.90 Å². The second-order valence-corrected chi connectivity index (χ2v) is 6.87. The van der Waals surface area contributed by atoms with Gasteiger partial charge in [-0.1, -0.05) is 18.2 Å². The minimum absolute atomic E-state index is 0.00492. The highest BCUT2D eigenvalue weighted by Gasteiger charge is 2.51. The van der Waals surface area contributed by atoms with Crippen LogP contribution in [-0.2, 0) is 20.7 Å². The first-order valence-corrected chi connectivity index (χ1v) is 8.49. The van der Waals surface area contributed by atoms with Crippen LogP contribution in [0.4, 0.5) is 10.5 Å². The Labute approximate surface area is 140 Å². The highest BCUT2D eigenvalue weighted by Crippen LogP contribution is 2.41. The first-order valence-electron chi connectivity index (χ1n) is 8.49. The number of likely N-dealkylation sites (tertiary alicyclic amines) is 1. The molecule has 0 N–H and O–H groups in total. The van der Waals surface area contributed by atoms with E-state index in [9.17, 15) is 14.4 Å². The number of nitrogens with zero attached hydrogens (tertiary/aromatic N) is 2. The molecule has 2 amide bonds. The monoisotopic (exact) mass is 328 g/mol. The Bertz CT molecular complexity index is 707. The van der Waals surface area contributed by atoms with Crippen LogP contribution in [0.2, 0.25) is 0 Å². The van der Waals surface area contributed by atoms with E-state index in [1.807, 2.05) is 23.1 Å². The molecule has 2 fully saturated rings. The smallest absolute Gasteiger partial charge is 0.324 e. The number of benzene rings is 1. The summed E-state index contributed by atoms with van der Waals surface area (Å²) in [7, 11) is 0. The summed E-state index contributed by atoms with van der Waals surface area (Å²) >= 11 is 0. The number of carbonyl (C=O) groups excluding carboxylic acids is 3. The van der Waals surface area contributed by atoms with Crippen LogP contribution in [0, 0.1) is 5.41 Å². The number of para-hydroxylation sites is 1. The summed E-state index contributed by atoms with van der Waals surface area (Å²) in [5, 5.41) is 0. The third kappa shape index (κ3) is 2.37. The van der Waals surface area contributed by atoms with Crippen molar-refractivity contribution >= 4 is 23.7 Å². The molecule has 0 radical (unpaired) electrons. The molecule has 3 heterocycles. The summed E-state index contributed by atoms with van der Waals surface area (Å²) in [5.74, 6) is -0.854. The topological polar surface area (TPSA) is 66.9 Å². The zero-order valence-corrected chi connectivity index (χ0v) is 13.5. The van der Waals surface area contributed by atoms with Gasteiger partial charge in [0.05, 0.1) is 11.8 Å². The quantitative estimate of drug-likeness (QED) is 0.540. The molecule has 6 heteroatoms. The third-order valence-electron chi connectivity index (χ3n) is 5.45. The van der Waals surface area contributed by atoms with Gasteiger partial charge in [0.15, 0.2) is 0 Å². The number of hydrogen-bond acceptors (Lipinski definition) is 4. The molecule has 0 atom stereocenters. The highest BCUT2D eigenvalue weighted by atomic mass is 16.6. The van der Waals surface area contributed by atoms with E-state index in [2.05, 4.69) is 6.07 Å². The van der Waals surface area contributed by atoms with Crippen LogP contribution in [0.3, 0.4) is 0 Å². The summed E-state index contributed by atoms with van der Waals surface area (Å²) in [5.41, 5.74) is 1.49. The van der Waals surface area contributed by atoms with E-state index in [-0.39, 0.29) is 12.5 Å². The van der Waals surface area contributed by atoms with Crippen molar-refractivity contribution < 1.29 is 19.1 Å². The summed E-state index contributed by atoms with van der Waals surface area (Å²) in [6.45, 7) is 1.69. The molecule has 24 heavy (non-hydrogen) atoms. The fourth-order valence-corrected chi connectivity index (χ4v) is 4.01. The zero-order chi connectivity index (χ0) is 16.7. The Morgan fingerprint density at radius 1 is 1.08 bits per heavy atom. The molecule has 1 aromatic carbocycles. The van der Waals surface area contributed by atoms with E-state index >= 15 is 0 Å². The molecule has 0 bridgehead atoms. The number of esters is 2. The fourth-order valence-electron chi connectivity index (χ4n) is 4.01. The van der Waals surface area contributed by atoms with Gasteiger partial charge in [0.25, 0.3) is 0 Å². The molecule has 0 aromatic heterocycles. The largest absolute Gasteiger partial charge is 0.393 e. The predicted molar refractivity (Wildman–Crippen MR) is 86.5 cm³/mol. The number of piperidine rings is 1. The molecule has 0 saturated carbocycles. The van der Waals surface area contributed by atoms with E-state index in [1.165, 1.54) is 5.56 Å². The third-order valence-corrected chi connectivity index (χ3v) is 5.45. The minimum Gasteiger partial charge on any atom is -0.393 e. The normalized spacial score (nSPS) is 22.5. The van der Waals surface area contributed by atoms with Crippen molar-refractivity contribution in [2.45, 2.75) is 32.1 Å². The van der Waals surface area contributed by atoms with Crippen molar-refractivity contribution in [2.75, 3.05) is 24.5 Å². The number of fused-ring (bicyclic) bond motifs is 1. The average molecular weight is 328 g/mol. The van der Waals surface area contributed by atoms with Crippen molar-refractivity contribution in [3.8, 4) is 0 Å². The lowest BCUT2D eigenvalue weighted by molar-refractivity contribution is -0.156. The Morgan fingerprint density at radius 3 is 2.54 bits per heavy atom. The number of aryl methyl sites for hydroxylation is 1. The van der Waals surface area contributed by atoms with E-state index in [0.717, 1.165) is 25.1 Å². The Balaban J connectivity index is 1.48. The predicted octanol–water partition coefficient (Wildman–Crippen LogP) is 2.11. The van der Waals surface area contributed by atoms with Crippen LogP contribution in [0.5, 0.6) is 0 Å². The van der Waals surface area contributed by atoms with Crippen LogP contribution >= 0.6 is 0 Å². The zero-order valence-electron chi connectivity index (χ0n) is 13.5. The van der Waals surface area contributed by atoms with Crippen LogP contribution in [-0.4, -0.2) is 42.5 Å². The maximum absolute atomic E-state index is 12.9. The Morgan fingerprint density at radius 2 is 1.83 bits per heavy atom. The minimum atomic E-state index is -0.701. The van der Waals surface area contributed by atoms with Gasteiger partial charge >= 0.3 is 18.0 Å². The van der Waals surface area contributed by atoms with Gasteiger partial charge in [-0.05, 0) is 37.3 Å². The van der Waals surface area contributed by atoms with Crippen molar-refractivity contribution in [3.63, 3.8) is 0 Å². The van der Waals surface area contributed by atoms with Gasteiger partial charge in [-0.15, -0.1) is 0 Å². The maximum atomic E-state index is 12.9. The summed E-state index contributed by atoms with van der Waals surface area (Å²) in [4.78, 5) is 39.9. The van der Waals surface area contributed by atoms with Crippen LogP contribution < -0.4 is 4.90 Å². The number of amides is 2. The van der Waals surface area contributed by atoms with Crippen LogP contribution in [0.1, 0.15) is 31.2 Å². The summed E-state index contributed by atoms with van der Waals surface area (Å²) < 4.78 is 4.72. The van der Waals surface area contributed by atoms with Gasteiger partial charge in [0.2, 0.25) is 0 Å². The molecular formula is C18H20N2O4. The molecule has 3 aliphatic heterocycles. The molecule has 2 saturated heterocycles. The van der Waals surface area contributed by atoms with Crippen LogP contribution in [0.15, 0.2) is 24.3 Å². The molecule has 4 rings (SSSR count). The van der Waals surface area contributed by atoms with E-state index in [1.54, 1.807) is 4.90 Å².